The van der Waals surface area contributed by atoms with Crippen LogP contribution in [0.25, 0.3) is 0 Å². The molecule has 0 aliphatic carbocycles. The molecule has 0 radical (unpaired) electrons. The first kappa shape index (κ1) is 10.3. The molecular formula is C9H6Cl2N2O2. The first-order valence-corrected chi connectivity index (χ1v) is 4.86. The van der Waals surface area contributed by atoms with Crippen molar-refractivity contribution in [1.29, 1.82) is 0 Å². The predicted molar refractivity (Wildman–Crippen MR) is 56.3 cm³/mol. The Morgan fingerprint density at radius 3 is 2.93 bits per heavy atom. The van der Waals surface area contributed by atoms with E-state index in [9.17, 15) is 4.79 Å². The molecule has 2 heterocycles. The van der Waals surface area contributed by atoms with Gasteiger partial charge < -0.3 is 4.42 Å². The summed E-state index contributed by atoms with van der Waals surface area (Å²) in [4.78, 5) is 11.6. The van der Waals surface area contributed by atoms with Crippen molar-refractivity contribution in [2.24, 2.45) is 0 Å². The van der Waals surface area contributed by atoms with Gasteiger partial charge in [0, 0.05) is 5.56 Å². The molecule has 0 unspecified atom stereocenters. The van der Waals surface area contributed by atoms with Crippen molar-refractivity contribution in [2.75, 3.05) is 0 Å². The summed E-state index contributed by atoms with van der Waals surface area (Å²) >= 11 is 11.3. The first-order chi connectivity index (χ1) is 7.18. The maximum atomic E-state index is 11.6. The molecule has 0 atom stereocenters. The number of aromatic nitrogens is 2. The van der Waals surface area contributed by atoms with Gasteiger partial charge in [-0.3, -0.25) is 4.79 Å². The molecule has 0 fully saturated rings. The van der Waals surface area contributed by atoms with Gasteiger partial charge in [-0.15, -0.1) is 0 Å². The Kier molecular flexibility index (Phi) is 2.79. The van der Waals surface area contributed by atoms with Crippen molar-refractivity contribution < 1.29 is 4.42 Å². The number of rotatable bonds is 2. The SMILES string of the molecule is O=c1c(Cl)c(Cl)cnn1Cc1ccoc1. The maximum absolute atomic E-state index is 11.6. The van der Waals surface area contributed by atoms with Crippen LogP contribution >= 0.6 is 23.2 Å². The van der Waals surface area contributed by atoms with Crippen LogP contribution in [-0.4, -0.2) is 9.78 Å². The van der Waals surface area contributed by atoms with Crippen molar-refractivity contribution >= 4 is 23.2 Å². The van der Waals surface area contributed by atoms with Crippen molar-refractivity contribution in [2.45, 2.75) is 6.54 Å². The second-order valence-electron chi connectivity index (χ2n) is 2.90. The summed E-state index contributed by atoms with van der Waals surface area (Å²) in [5.74, 6) is 0. The molecule has 2 aromatic rings. The third-order valence-corrected chi connectivity index (χ3v) is 2.60. The Balaban J connectivity index is 2.38. The predicted octanol–water partition coefficient (Wildman–Crippen LogP) is 2.19. The van der Waals surface area contributed by atoms with Crippen LogP contribution in [0.15, 0.2) is 34.0 Å². The van der Waals surface area contributed by atoms with Gasteiger partial charge in [0.1, 0.15) is 5.02 Å². The van der Waals surface area contributed by atoms with Gasteiger partial charge in [0.25, 0.3) is 5.56 Å². The first-order valence-electron chi connectivity index (χ1n) is 4.10. The normalized spacial score (nSPS) is 10.5. The van der Waals surface area contributed by atoms with E-state index in [0.29, 0.717) is 6.54 Å². The highest BCUT2D eigenvalue weighted by Crippen LogP contribution is 2.14. The fourth-order valence-electron chi connectivity index (χ4n) is 1.11. The van der Waals surface area contributed by atoms with Gasteiger partial charge in [-0.05, 0) is 6.07 Å². The lowest BCUT2D eigenvalue weighted by Gasteiger charge is -2.02. The number of furan rings is 1. The zero-order valence-electron chi connectivity index (χ0n) is 7.48. The molecule has 0 aliphatic rings. The van der Waals surface area contributed by atoms with Gasteiger partial charge in [0.05, 0.1) is 30.3 Å². The molecule has 0 aliphatic heterocycles. The van der Waals surface area contributed by atoms with Crippen LogP contribution in [-0.2, 0) is 6.54 Å². The van der Waals surface area contributed by atoms with Crippen LogP contribution < -0.4 is 5.56 Å². The molecule has 15 heavy (non-hydrogen) atoms. The van der Waals surface area contributed by atoms with Crippen LogP contribution in [0.2, 0.25) is 10.0 Å². The minimum Gasteiger partial charge on any atom is -0.472 e. The van der Waals surface area contributed by atoms with Gasteiger partial charge in [-0.25, -0.2) is 4.68 Å². The van der Waals surface area contributed by atoms with Crippen LogP contribution in [0, 0.1) is 0 Å². The lowest BCUT2D eigenvalue weighted by atomic mass is 10.3. The summed E-state index contributed by atoms with van der Waals surface area (Å²) in [7, 11) is 0. The average Bonchev–Trinajstić information content (AvgIpc) is 2.72. The molecular weight excluding hydrogens is 239 g/mol. The monoisotopic (exact) mass is 244 g/mol. The second-order valence-corrected chi connectivity index (χ2v) is 3.69. The molecule has 0 amide bonds. The molecule has 0 saturated heterocycles. The summed E-state index contributed by atoms with van der Waals surface area (Å²) in [5, 5.41) is 4.00. The summed E-state index contributed by atoms with van der Waals surface area (Å²) in [5.41, 5.74) is 0.424. The zero-order chi connectivity index (χ0) is 10.8. The van der Waals surface area contributed by atoms with Crippen LogP contribution in [0.3, 0.4) is 0 Å². The van der Waals surface area contributed by atoms with E-state index < -0.39 is 5.56 Å². The molecule has 78 valence electrons. The standard InChI is InChI=1S/C9H6Cl2N2O2/c10-7-3-12-13(9(14)8(7)11)4-6-1-2-15-5-6/h1-3,5H,4H2. The Bertz CT molecular complexity index is 519. The smallest absolute Gasteiger partial charge is 0.287 e. The fraction of sp³-hybridized carbons (Fsp3) is 0.111. The van der Waals surface area contributed by atoms with E-state index in [-0.39, 0.29) is 10.0 Å². The highest BCUT2D eigenvalue weighted by Gasteiger charge is 2.07. The average molecular weight is 245 g/mol. The Hall–Kier alpha value is -1.26. The summed E-state index contributed by atoms with van der Waals surface area (Å²) in [6, 6.07) is 1.75. The summed E-state index contributed by atoms with van der Waals surface area (Å²) in [6.07, 6.45) is 4.40. The Morgan fingerprint density at radius 1 is 1.47 bits per heavy atom. The molecule has 0 N–H and O–H groups in total. The summed E-state index contributed by atoms with van der Waals surface area (Å²) in [6.45, 7) is 0.312. The van der Waals surface area contributed by atoms with Crippen LogP contribution in [0.5, 0.6) is 0 Å². The van der Waals surface area contributed by atoms with Crippen LogP contribution in [0.4, 0.5) is 0 Å². The van der Waals surface area contributed by atoms with E-state index in [0.717, 1.165) is 5.56 Å². The van der Waals surface area contributed by atoms with Gasteiger partial charge in [-0.1, -0.05) is 23.2 Å². The van der Waals surface area contributed by atoms with E-state index in [1.165, 1.54) is 23.4 Å². The number of halogens is 2. The van der Waals surface area contributed by atoms with Gasteiger partial charge in [0.15, 0.2) is 0 Å². The van der Waals surface area contributed by atoms with Gasteiger partial charge in [0.2, 0.25) is 0 Å². The lowest BCUT2D eigenvalue weighted by molar-refractivity contribution is 0.557. The fourth-order valence-corrected chi connectivity index (χ4v) is 1.38. The van der Waals surface area contributed by atoms with Crippen molar-refractivity contribution in [1.82, 2.24) is 9.78 Å². The third kappa shape index (κ3) is 2.06. The topological polar surface area (TPSA) is 48.0 Å². The second kappa shape index (κ2) is 4.08. The number of hydrogen-bond acceptors (Lipinski definition) is 3. The molecule has 6 heteroatoms. The molecule has 2 rings (SSSR count). The van der Waals surface area contributed by atoms with Gasteiger partial charge in [-0.2, -0.15) is 5.10 Å². The minimum atomic E-state index is -0.412. The molecule has 0 aromatic carbocycles. The Labute approximate surface area is 95.0 Å². The van der Waals surface area contributed by atoms with E-state index in [1.807, 2.05) is 0 Å². The minimum absolute atomic E-state index is 0.0184. The summed E-state index contributed by atoms with van der Waals surface area (Å²) < 4.78 is 6.10. The lowest BCUT2D eigenvalue weighted by Crippen LogP contribution is -2.23. The molecule has 2 aromatic heterocycles. The number of hydrogen-bond donors (Lipinski definition) is 0. The third-order valence-electron chi connectivity index (χ3n) is 1.85. The largest absolute Gasteiger partial charge is 0.472 e. The number of nitrogens with zero attached hydrogens (tertiary/aromatic N) is 2. The highest BCUT2D eigenvalue weighted by molar-refractivity contribution is 6.41. The highest BCUT2D eigenvalue weighted by atomic mass is 35.5. The van der Waals surface area contributed by atoms with E-state index in [4.69, 9.17) is 27.6 Å². The van der Waals surface area contributed by atoms with Crippen molar-refractivity contribution in [3.05, 3.63) is 50.8 Å². The molecule has 0 saturated carbocycles. The van der Waals surface area contributed by atoms with Crippen molar-refractivity contribution in [3.63, 3.8) is 0 Å². The van der Waals surface area contributed by atoms with Gasteiger partial charge >= 0.3 is 0 Å². The van der Waals surface area contributed by atoms with E-state index >= 15 is 0 Å². The van der Waals surface area contributed by atoms with E-state index in [1.54, 1.807) is 6.07 Å². The quantitative estimate of drug-likeness (QED) is 0.814. The van der Waals surface area contributed by atoms with Crippen molar-refractivity contribution in [3.8, 4) is 0 Å². The Morgan fingerprint density at radius 2 is 2.27 bits per heavy atom. The van der Waals surface area contributed by atoms with E-state index in [2.05, 4.69) is 5.10 Å². The molecule has 0 bridgehead atoms. The zero-order valence-corrected chi connectivity index (χ0v) is 9.00. The maximum Gasteiger partial charge on any atom is 0.287 e. The molecule has 4 nitrogen and oxygen atoms in total. The van der Waals surface area contributed by atoms with Crippen LogP contribution in [0.1, 0.15) is 5.56 Å². The molecule has 0 spiro atoms.